The summed E-state index contributed by atoms with van der Waals surface area (Å²) in [6.07, 6.45) is 0.156. The Balaban J connectivity index is 2.23. The lowest BCUT2D eigenvalue weighted by Crippen LogP contribution is -2.41. The number of nitrogens with zero attached hydrogens (tertiary/aromatic N) is 1. The van der Waals surface area contributed by atoms with Crippen LogP contribution in [0.1, 0.15) is 0 Å². The van der Waals surface area contributed by atoms with E-state index in [1.165, 1.54) is 0 Å². The van der Waals surface area contributed by atoms with Crippen LogP contribution in [-0.4, -0.2) is 44.3 Å². The first-order valence-corrected chi connectivity index (χ1v) is 3.27. The highest BCUT2D eigenvalue weighted by Gasteiger charge is 2.15. The fraction of sp³-hybridized carbons (Fsp3) is 1.00. The van der Waals surface area contributed by atoms with E-state index in [-0.39, 0.29) is 6.10 Å². The Kier molecular flexibility index (Phi) is 2.45. The van der Waals surface area contributed by atoms with Crippen molar-refractivity contribution in [2.45, 2.75) is 6.10 Å². The van der Waals surface area contributed by atoms with Crippen LogP contribution in [0.4, 0.5) is 0 Å². The van der Waals surface area contributed by atoms with Crippen LogP contribution in [0.25, 0.3) is 0 Å². The van der Waals surface area contributed by atoms with E-state index in [2.05, 4.69) is 11.9 Å². The van der Waals surface area contributed by atoms with Crippen LogP contribution < -0.4 is 5.73 Å². The Hall–Kier alpha value is -0.120. The fourth-order valence-corrected chi connectivity index (χ4v) is 0.990. The van der Waals surface area contributed by atoms with Gasteiger partial charge in [0.2, 0.25) is 0 Å². The smallest absolute Gasteiger partial charge is 0.0840 e. The first-order valence-electron chi connectivity index (χ1n) is 3.27. The van der Waals surface area contributed by atoms with Gasteiger partial charge in [-0.2, -0.15) is 0 Å². The van der Waals surface area contributed by atoms with Gasteiger partial charge in [-0.15, -0.1) is 0 Å². The molecule has 1 saturated heterocycles. The predicted molar refractivity (Wildman–Crippen MR) is 35.2 cm³/mol. The molecule has 9 heavy (non-hydrogen) atoms. The molecule has 3 nitrogen and oxygen atoms in total. The molecule has 0 bridgehead atoms. The molecule has 1 atom stereocenters. The minimum atomic E-state index is 0.156. The molecule has 3 heteroatoms. The van der Waals surface area contributed by atoms with Crippen LogP contribution in [0.5, 0.6) is 0 Å². The third kappa shape index (κ3) is 1.93. The topological polar surface area (TPSA) is 36.3 Å². The summed E-state index contributed by atoms with van der Waals surface area (Å²) < 4.78 is 5.27. The Morgan fingerprint density at radius 3 is 3.00 bits per heavy atom. The molecule has 1 radical (unpaired) electrons. The third-order valence-corrected chi connectivity index (χ3v) is 1.57. The predicted octanol–water partition coefficient (Wildman–Crippen LogP) is -0.400. The zero-order valence-electron chi connectivity index (χ0n) is 5.76. The van der Waals surface area contributed by atoms with E-state index in [0.717, 1.165) is 19.7 Å². The monoisotopic (exact) mass is 129 g/mol. The second-order valence-electron chi connectivity index (χ2n) is 2.46. The maximum Gasteiger partial charge on any atom is 0.0840 e. The molecule has 1 rings (SSSR count). The molecule has 0 spiro atoms. The van der Waals surface area contributed by atoms with Gasteiger partial charge in [-0.3, -0.25) is 5.73 Å². The van der Waals surface area contributed by atoms with Gasteiger partial charge < -0.3 is 9.64 Å². The molecule has 0 saturated carbocycles. The number of nitrogens with one attached hydrogen (secondary N) is 1. The highest BCUT2D eigenvalue weighted by atomic mass is 16.5. The van der Waals surface area contributed by atoms with Crippen LogP contribution in [0.3, 0.4) is 0 Å². The minimum absolute atomic E-state index is 0.156. The molecule has 0 aromatic carbocycles. The molecule has 1 unspecified atom stereocenters. The average Bonchev–Trinajstić information content (AvgIpc) is 1.88. The third-order valence-electron chi connectivity index (χ3n) is 1.57. The van der Waals surface area contributed by atoms with E-state index < -0.39 is 0 Å². The molecular weight excluding hydrogens is 116 g/mol. The van der Waals surface area contributed by atoms with E-state index in [9.17, 15) is 0 Å². The van der Waals surface area contributed by atoms with Gasteiger partial charge in [-0.25, -0.2) is 0 Å². The van der Waals surface area contributed by atoms with E-state index in [1.54, 1.807) is 0 Å². The van der Waals surface area contributed by atoms with E-state index in [0.29, 0.717) is 6.54 Å². The summed E-state index contributed by atoms with van der Waals surface area (Å²) in [7, 11) is 2.06. The normalized spacial score (nSPS) is 30.7. The van der Waals surface area contributed by atoms with Gasteiger partial charge >= 0.3 is 0 Å². The maximum absolute atomic E-state index is 7.04. The summed E-state index contributed by atoms with van der Waals surface area (Å²) in [6, 6.07) is 0. The van der Waals surface area contributed by atoms with Crippen LogP contribution in [0.15, 0.2) is 0 Å². The van der Waals surface area contributed by atoms with Gasteiger partial charge in [0.25, 0.3) is 0 Å². The van der Waals surface area contributed by atoms with Gasteiger partial charge in [-0.05, 0) is 7.05 Å². The van der Waals surface area contributed by atoms with Crippen molar-refractivity contribution >= 4 is 0 Å². The van der Waals surface area contributed by atoms with E-state index >= 15 is 0 Å². The zero-order valence-corrected chi connectivity index (χ0v) is 5.76. The summed E-state index contributed by atoms with van der Waals surface area (Å²) in [4.78, 5) is 2.20. The van der Waals surface area contributed by atoms with Gasteiger partial charge in [0.05, 0.1) is 12.7 Å². The molecule has 53 valence electrons. The lowest BCUT2D eigenvalue weighted by molar-refractivity contribution is -0.0146. The van der Waals surface area contributed by atoms with Crippen LogP contribution in [0.2, 0.25) is 0 Å². The number of ether oxygens (including phenoxy) is 1. The molecule has 0 aromatic rings. The highest BCUT2D eigenvalue weighted by molar-refractivity contribution is 4.68. The minimum Gasteiger partial charge on any atom is -0.374 e. The average molecular weight is 129 g/mol. The van der Waals surface area contributed by atoms with Gasteiger partial charge in [0.1, 0.15) is 0 Å². The first kappa shape index (κ1) is 6.99. The number of morpholine rings is 1. The number of hydrogen-bond donors (Lipinski definition) is 0. The van der Waals surface area contributed by atoms with Crippen LogP contribution >= 0.6 is 0 Å². The fourth-order valence-electron chi connectivity index (χ4n) is 0.990. The molecule has 1 aliphatic rings. The summed E-state index contributed by atoms with van der Waals surface area (Å²) in [5.41, 5.74) is 7.04. The summed E-state index contributed by atoms with van der Waals surface area (Å²) in [5.74, 6) is 0. The van der Waals surface area contributed by atoms with Crippen LogP contribution in [-0.2, 0) is 4.74 Å². The van der Waals surface area contributed by atoms with Gasteiger partial charge in [-0.1, -0.05) is 0 Å². The Morgan fingerprint density at radius 1 is 1.78 bits per heavy atom. The molecule has 1 N–H and O–H groups in total. The molecule has 1 aliphatic heterocycles. The van der Waals surface area contributed by atoms with Gasteiger partial charge in [0.15, 0.2) is 0 Å². The molecular formula is C6H13N2O. The van der Waals surface area contributed by atoms with Crippen molar-refractivity contribution in [3.63, 3.8) is 0 Å². The summed E-state index contributed by atoms with van der Waals surface area (Å²) in [5, 5.41) is 0. The Bertz CT molecular complexity index is 87.1. The first-order chi connectivity index (χ1) is 4.33. The molecule has 1 fully saturated rings. The lowest BCUT2D eigenvalue weighted by atomic mass is 10.3. The highest BCUT2D eigenvalue weighted by Crippen LogP contribution is 2.00. The second kappa shape index (κ2) is 3.15. The van der Waals surface area contributed by atoms with E-state index in [1.807, 2.05) is 0 Å². The van der Waals surface area contributed by atoms with Crippen molar-refractivity contribution in [3.05, 3.63) is 0 Å². The van der Waals surface area contributed by atoms with Crippen molar-refractivity contribution in [1.82, 2.24) is 10.6 Å². The van der Waals surface area contributed by atoms with E-state index in [4.69, 9.17) is 10.5 Å². The lowest BCUT2D eigenvalue weighted by Gasteiger charge is -2.28. The second-order valence-corrected chi connectivity index (χ2v) is 2.46. The number of likely N-dealkylation sites (N-methyl/N-ethyl adjacent to an activating group) is 1. The van der Waals surface area contributed by atoms with Crippen molar-refractivity contribution in [2.75, 3.05) is 33.3 Å². The SMILES string of the molecule is CN1CCOC(C[NH])C1. The molecule has 0 aromatic heterocycles. The summed E-state index contributed by atoms with van der Waals surface area (Å²) in [6.45, 7) is 3.12. The van der Waals surface area contributed by atoms with Crippen molar-refractivity contribution in [2.24, 2.45) is 0 Å². The largest absolute Gasteiger partial charge is 0.374 e. The van der Waals surface area contributed by atoms with Crippen LogP contribution in [0, 0.1) is 0 Å². The zero-order chi connectivity index (χ0) is 6.69. The number of rotatable bonds is 1. The van der Waals surface area contributed by atoms with Crippen molar-refractivity contribution < 1.29 is 4.74 Å². The quantitative estimate of drug-likeness (QED) is 0.483. The van der Waals surface area contributed by atoms with Crippen molar-refractivity contribution in [1.29, 1.82) is 0 Å². The molecule has 0 amide bonds. The standard InChI is InChI=1S/C6H13N2O/c1-8-2-3-9-6(4-7)5-8/h6-7H,2-5H2,1H3. The Labute approximate surface area is 55.8 Å². The maximum atomic E-state index is 7.04. The Morgan fingerprint density at radius 2 is 2.56 bits per heavy atom. The number of hydrogen-bond acceptors (Lipinski definition) is 2. The summed E-state index contributed by atoms with van der Waals surface area (Å²) >= 11 is 0. The van der Waals surface area contributed by atoms with Crippen molar-refractivity contribution in [3.8, 4) is 0 Å². The van der Waals surface area contributed by atoms with Gasteiger partial charge in [0, 0.05) is 19.6 Å². The molecule has 1 heterocycles. The molecule has 0 aliphatic carbocycles.